The minimum Gasteiger partial charge on any atom is -0.444 e. The molecule has 0 bridgehead atoms. The normalized spacial score (nSPS) is 18.3. The highest BCUT2D eigenvalue weighted by Gasteiger charge is 2.28. The van der Waals surface area contributed by atoms with Gasteiger partial charge < -0.3 is 15.0 Å². The molecule has 19 heavy (non-hydrogen) atoms. The van der Waals surface area contributed by atoms with E-state index in [9.17, 15) is 14.0 Å². The molecule has 0 aliphatic carbocycles. The highest BCUT2D eigenvalue weighted by Crippen LogP contribution is 2.15. The number of carbonyl (C=O) groups is 2. The van der Waals surface area contributed by atoms with E-state index in [4.69, 9.17) is 4.74 Å². The van der Waals surface area contributed by atoms with Crippen LogP contribution in [0, 0.1) is 5.82 Å². The standard InChI is InChI=1S/C13H15FN2O3/c1-16-8-11(19-13(16)18)6-7-12(17)15-10-4-2-9(14)3-5-10/h2-5,11H,6-8H2,1H3,(H,15,17). The molecule has 0 saturated carbocycles. The van der Waals surface area contributed by atoms with Crippen molar-refractivity contribution < 1.29 is 18.7 Å². The van der Waals surface area contributed by atoms with Gasteiger partial charge in [-0.05, 0) is 30.7 Å². The Morgan fingerprint density at radius 1 is 1.47 bits per heavy atom. The number of nitrogens with zero attached hydrogens (tertiary/aromatic N) is 1. The summed E-state index contributed by atoms with van der Waals surface area (Å²) in [4.78, 5) is 24.3. The van der Waals surface area contributed by atoms with Crippen LogP contribution in [0.5, 0.6) is 0 Å². The van der Waals surface area contributed by atoms with Crippen LogP contribution in [0.15, 0.2) is 24.3 Å². The Labute approximate surface area is 110 Å². The van der Waals surface area contributed by atoms with Gasteiger partial charge in [-0.1, -0.05) is 0 Å². The van der Waals surface area contributed by atoms with Gasteiger partial charge in [0, 0.05) is 19.2 Å². The zero-order chi connectivity index (χ0) is 13.8. The Bertz CT molecular complexity index is 475. The number of ether oxygens (including phenoxy) is 1. The smallest absolute Gasteiger partial charge is 0.409 e. The summed E-state index contributed by atoms with van der Waals surface area (Å²) < 4.78 is 17.7. The highest BCUT2D eigenvalue weighted by atomic mass is 19.1. The van der Waals surface area contributed by atoms with Crippen molar-refractivity contribution in [2.24, 2.45) is 0 Å². The Morgan fingerprint density at radius 3 is 2.74 bits per heavy atom. The Kier molecular flexibility index (Phi) is 3.99. The molecule has 2 amide bonds. The largest absolute Gasteiger partial charge is 0.444 e. The molecule has 0 aromatic heterocycles. The average molecular weight is 266 g/mol. The van der Waals surface area contributed by atoms with E-state index in [1.54, 1.807) is 7.05 Å². The van der Waals surface area contributed by atoms with Gasteiger partial charge in [0.25, 0.3) is 0 Å². The van der Waals surface area contributed by atoms with Crippen LogP contribution in [0.3, 0.4) is 0 Å². The first kappa shape index (κ1) is 13.3. The molecule has 1 heterocycles. The third-order valence-corrected chi connectivity index (χ3v) is 2.88. The van der Waals surface area contributed by atoms with Gasteiger partial charge in [-0.15, -0.1) is 0 Å². The van der Waals surface area contributed by atoms with Crippen LogP contribution in [-0.2, 0) is 9.53 Å². The molecule has 2 rings (SSSR count). The predicted molar refractivity (Wildman–Crippen MR) is 67.2 cm³/mol. The fourth-order valence-corrected chi connectivity index (χ4v) is 1.85. The molecule has 1 fully saturated rings. The van der Waals surface area contributed by atoms with Gasteiger partial charge in [0.15, 0.2) is 0 Å². The van der Waals surface area contributed by atoms with E-state index in [0.29, 0.717) is 18.7 Å². The van der Waals surface area contributed by atoms with Crippen LogP contribution in [0.25, 0.3) is 0 Å². The first-order chi connectivity index (χ1) is 9.04. The van der Waals surface area contributed by atoms with Crippen LogP contribution >= 0.6 is 0 Å². The summed E-state index contributed by atoms with van der Waals surface area (Å²) in [6, 6.07) is 5.56. The third-order valence-electron chi connectivity index (χ3n) is 2.88. The second-order valence-corrected chi connectivity index (χ2v) is 4.48. The molecule has 1 aromatic rings. The highest BCUT2D eigenvalue weighted by molar-refractivity contribution is 5.90. The first-order valence-corrected chi connectivity index (χ1v) is 6.02. The first-order valence-electron chi connectivity index (χ1n) is 6.02. The second kappa shape index (κ2) is 5.69. The quantitative estimate of drug-likeness (QED) is 0.906. The van der Waals surface area contributed by atoms with Crippen LogP contribution < -0.4 is 5.32 Å². The molecule has 1 atom stereocenters. The maximum Gasteiger partial charge on any atom is 0.409 e. The number of likely N-dealkylation sites (N-methyl/N-ethyl adjacent to an activating group) is 1. The average Bonchev–Trinajstić information content (AvgIpc) is 2.69. The zero-order valence-corrected chi connectivity index (χ0v) is 10.6. The van der Waals surface area contributed by atoms with E-state index in [1.807, 2.05) is 0 Å². The molecule has 1 saturated heterocycles. The monoisotopic (exact) mass is 266 g/mol. The van der Waals surface area contributed by atoms with Crippen LogP contribution in [-0.4, -0.2) is 36.6 Å². The number of nitrogens with one attached hydrogen (secondary N) is 1. The second-order valence-electron chi connectivity index (χ2n) is 4.48. The summed E-state index contributed by atoms with van der Waals surface area (Å²) in [6.07, 6.45) is 0.132. The van der Waals surface area contributed by atoms with Gasteiger partial charge in [0.2, 0.25) is 5.91 Å². The number of carbonyl (C=O) groups excluding carboxylic acids is 2. The topological polar surface area (TPSA) is 58.6 Å². The molecule has 1 N–H and O–H groups in total. The van der Waals surface area contributed by atoms with E-state index in [0.717, 1.165) is 0 Å². The van der Waals surface area contributed by atoms with Gasteiger partial charge in [0.05, 0.1) is 6.54 Å². The van der Waals surface area contributed by atoms with E-state index < -0.39 is 0 Å². The lowest BCUT2D eigenvalue weighted by Gasteiger charge is -2.08. The maximum atomic E-state index is 12.7. The summed E-state index contributed by atoms with van der Waals surface area (Å²) in [6.45, 7) is 0.503. The lowest BCUT2D eigenvalue weighted by Crippen LogP contribution is -2.20. The number of anilines is 1. The summed E-state index contributed by atoms with van der Waals surface area (Å²) in [5.41, 5.74) is 0.548. The van der Waals surface area contributed by atoms with Crippen molar-refractivity contribution in [3.63, 3.8) is 0 Å². The number of hydrogen-bond donors (Lipinski definition) is 1. The van der Waals surface area contributed by atoms with Crippen molar-refractivity contribution in [3.05, 3.63) is 30.1 Å². The van der Waals surface area contributed by atoms with E-state index in [-0.39, 0.29) is 30.3 Å². The molecule has 1 unspecified atom stereocenters. The van der Waals surface area contributed by atoms with E-state index in [1.165, 1.54) is 29.2 Å². The minimum absolute atomic E-state index is 0.183. The van der Waals surface area contributed by atoms with Gasteiger partial charge in [0.1, 0.15) is 11.9 Å². The summed E-state index contributed by atoms with van der Waals surface area (Å²) in [7, 11) is 1.65. The summed E-state index contributed by atoms with van der Waals surface area (Å²) in [5, 5.41) is 2.66. The SMILES string of the molecule is CN1CC(CCC(=O)Nc2ccc(F)cc2)OC1=O. The van der Waals surface area contributed by atoms with Gasteiger partial charge in [-0.3, -0.25) is 4.79 Å². The van der Waals surface area contributed by atoms with E-state index in [2.05, 4.69) is 5.32 Å². The molecule has 5 nitrogen and oxygen atoms in total. The van der Waals surface area contributed by atoms with Gasteiger partial charge >= 0.3 is 6.09 Å². The molecule has 1 aliphatic heterocycles. The summed E-state index contributed by atoms with van der Waals surface area (Å²) in [5.74, 6) is -0.531. The summed E-state index contributed by atoms with van der Waals surface area (Å²) >= 11 is 0. The third kappa shape index (κ3) is 3.67. The number of cyclic esters (lactones) is 1. The molecule has 102 valence electrons. The van der Waals surface area contributed by atoms with Crippen LogP contribution in [0.1, 0.15) is 12.8 Å². The van der Waals surface area contributed by atoms with Crippen molar-refractivity contribution >= 4 is 17.7 Å². The number of halogens is 1. The molecule has 1 aromatic carbocycles. The zero-order valence-electron chi connectivity index (χ0n) is 10.6. The fourth-order valence-electron chi connectivity index (χ4n) is 1.85. The minimum atomic E-state index is -0.357. The van der Waals surface area contributed by atoms with Crippen molar-refractivity contribution in [3.8, 4) is 0 Å². The molecule has 0 radical (unpaired) electrons. The predicted octanol–water partition coefficient (Wildman–Crippen LogP) is 1.99. The van der Waals surface area contributed by atoms with Crippen LogP contribution in [0.2, 0.25) is 0 Å². The number of hydrogen-bond acceptors (Lipinski definition) is 3. The molecule has 1 aliphatic rings. The van der Waals surface area contributed by atoms with Crippen molar-refractivity contribution in [1.29, 1.82) is 0 Å². The molecule has 6 heteroatoms. The Morgan fingerprint density at radius 2 is 2.16 bits per heavy atom. The van der Waals surface area contributed by atoms with Gasteiger partial charge in [-0.25, -0.2) is 9.18 Å². The van der Waals surface area contributed by atoms with Crippen molar-refractivity contribution in [1.82, 2.24) is 4.90 Å². The van der Waals surface area contributed by atoms with E-state index >= 15 is 0 Å². The Balaban J connectivity index is 1.76. The number of amides is 2. The van der Waals surface area contributed by atoms with Crippen molar-refractivity contribution in [2.75, 3.05) is 18.9 Å². The molecular weight excluding hydrogens is 251 g/mol. The number of rotatable bonds is 4. The lowest BCUT2D eigenvalue weighted by atomic mass is 10.2. The van der Waals surface area contributed by atoms with Crippen LogP contribution in [0.4, 0.5) is 14.9 Å². The molecule has 0 spiro atoms. The van der Waals surface area contributed by atoms with Gasteiger partial charge in [-0.2, -0.15) is 0 Å². The Hall–Kier alpha value is -2.11. The number of benzene rings is 1. The fraction of sp³-hybridized carbons (Fsp3) is 0.385. The van der Waals surface area contributed by atoms with Crippen molar-refractivity contribution in [2.45, 2.75) is 18.9 Å². The maximum absolute atomic E-state index is 12.7. The lowest BCUT2D eigenvalue weighted by molar-refractivity contribution is -0.116. The molecular formula is C13H15FN2O3.